The molecule has 4 aliphatic heterocycles. The number of hydrogen-bond donors (Lipinski definition) is 1. The number of likely N-dealkylation sites (tertiary alicyclic amines) is 1. The normalized spacial score (nSPS) is 24.7. The molecule has 0 bridgehead atoms. The van der Waals surface area contributed by atoms with Gasteiger partial charge in [0.05, 0.1) is 58.3 Å². The molecule has 8 rings (SSSR count). The molecule has 0 unspecified atom stereocenters. The van der Waals surface area contributed by atoms with Crippen LogP contribution in [0.25, 0.3) is 0 Å². The Morgan fingerprint density at radius 2 is 1.78 bits per heavy atom. The molecule has 4 aliphatic rings. The van der Waals surface area contributed by atoms with E-state index < -0.39 is 19.8 Å². The largest absolute Gasteiger partial charge is 0.497 e. The molecule has 10 nitrogen and oxygen atoms in total. The summed E-state index contributed by atoms with van der Waals surface area (Å²) >= 11 is 3.69. The number of para-hydroxylation sites is 2. The number of aliphatic hydroxyl groups is 1. The maximum Gasteiger partial charge on any atom is 0.269 e. The fourth-order valence-electron chi connectivity index (χ4n) is 9.65. The van der Waals surface area contributed by atoms with Crippen molar-refractivity contribution in [3.05, 3.63) is 107 Å². The molecular formula is C43H46BrN3O7Si. The van der Waals surface area contributed by atoms with Crippen molar-refractivity contribution >= 4 is 64.0 Å². The van der Waals surface area contributed by atoms with E-state index in [4.69, 9.17) is 14.2 Å². The van der Waals surface area contributed by atoms with Crippen molar-refractivity contribution in [2.24, 2.45) is 5.92 Å². The molecule has 2 fully saturated rings. The highest BCUT2D eigenvalue weighted by Crippen LogP contribution is 2.60. The molecule has 3 amide bonds. The summed E-state index contributed by atoms with van der Waals surface area (Å²) in [5.41, 5.74) is 2.28. The lowest BCUT2D eigenvalue weighted by molar-refractivity contribution is -0.150. The first-order chi connectivity index (χ1) is 26.5. The van der Waals surface area contributed by atoms with E-state index in [1.807, 2.05) is 78.9 Å². The molecule has 0 radical (unpaired) electrons. The van der Waals surface area contributed by atoms with E-state index in [0.29, 0.717) is 23.7 Å². The van der Waals surface area contributed by atoms with Gasteiger partial charge in [0.15, 0.2) is 12.2 Å². The number of anilines is 3. The first-order valence-corrected chi connectivity index (χ1v) is 22.8. The molecule has 12 heteroatoms. The van der Waals surface area contributed by atoms with Crippen molar-refractivity contribution in [2.45, 2.75) is 69.1 Å². The summed E-state index contributed by atoms with van der Waals surface area (Å²) in [5, 5.41) is 11.3. The van der Waals surface area contributed by atoms with Crippen LogP contribution in [0, 0.1) is 5.92 Å². The molecule has 4 heterocycles. The fraction of sp³-hybridized carbons (Fsp3) is 0.372. The number of methoxy groups -OCH3 is 1. The summed E-state index contributed by atoms with van der Waals surface area (Å²) in [5.74, 6) is 0.716. The summed E-state index contributed by atoms with van der Waals surface area (Å²) in [6.07, 6.45) is 1.19. The molecule has 1 spiro atoms. The first-order valence-electron chi connectivity index (χ1n) is 19.0. The monoisotopic (exact) mass is 823 g/mol. The number of hydrogen-bond acceptors (Lipinski definition) is 7. The Morgan fingerprint density at radius 3 is 2.55 bits per heavy atom. The Labute approximate surface area is 331 Å². The van der Waals surface area contributed by atoms with Crippen LogP contribution in [0.3, 0.4) is 0 Å². The van der Waals surface area contributed by atoms with Crippen molar-refractivity contribution in [2.75, 3.05) is 36.7 Å². The van der Waals surface area contributed by atoms with Gasteiger partial charge in [-0.3, -0.25) is 19.3 Å². The number of amides is 3. The van der Waals surface area contributed by atoms with Gasteiger partial charge in [0.2, 0.25) is 5.91 Å². The van der Waals surface area contributed by atoms with Crippen molar-refractivity contribution in [3.63, 3.8) is 0 Å². The van der Waals surface area contributed by atoms with E-state index in [9.17, 15) is 14.7 Å². The standard InChI is InChI=1S/C43H46BrN3O7Si/c1-27-41(55(3,4)33-17-15-32(52-2)16-18-33)38(23-39(49)45-20-8-11-31(45)25-48)54-43(27)34-22-29(44)14-19-35(34)46(42(43)51)24-28-9-7-10-30(21-28)47-36-12-5-6-13-37(36)53-26-40(47)50/h5-7,9-10,12-19,21-22,27,31,38,41,48H,8,11,20,23-26H2,1-4H3/t27-,31-,38+,41-,43+/m0/s1. The van der Waals surface area contributed by atoms with E-state index in [-0.39, 0.29) is 61.4 Å². The van der Waals surface area contributed by atoms with Gasteiger partial charge in [0.1, 0.15) is 11.5 Å². The van der Waals surface area contributed by atoms with Gasteiger partial charge >= 0.3 is 0 Å². The number of carbonyl (C=O) groups excluding carboxylic acids is 3. The number of ether oxygens (including phenoxy) is 3. The second-order valence-corrected chi connectivity index (χ2v) is 21.2. The van der Waals surface area contributed by atoms with Gasteiger partial charge in [-0.2, -0.15) is 0 Å². The molecule has 2 saturated heterocycles. The van der Waals surface area contributed by atoms with Gasteiger partial charge in [0, 0.05) is 28.2 Å². The van der Waals surface area contributed by atoms with Crippen LogP contribution >= 0.6 is 15.9 Å². The number of fused-ring (bicyclic) bond motifs is 3. The lowest BCUT2D eigenvalue weighted by atomic mass is 9.82. The van der Waals surface area contributed by atoms with Crippen LogP contribution in [0.2, 0.25) is 18.6 Å². The molecule has 1 N–H and O–H groups in total. The topological polar surface area (TPSA) is 109 Å². The van der Waals surface area contributed by atoms with Crippen molar-refractivity contribution in [1.29, 1.82) is 0 Å². The van der Waals surface area contributed by atoms with E-state index in [2.05, 4.69) is 48.1 Å². The fourth-order valence-corrected chi connectivity index (χ4v) is 14.0. The van der Waals surface area contributed by atoms with Crippen molar-refractivity contribution in [1.82, 2.24) is 4.90 Å². The Morgan fingerprint density at radius 1 is 1.00 bits per heavy atom. The molecule has 55 heavy (non-hydrogen) atoms. The zero-order valence-corrected chi connectivity index (χ0v) is 34.1. The smallest absolute Gasteiger partial charge is 0.269 e. The third-order valence-corrected chi connectivity index (χ3v) is 17.2. The minimum atomic E-state index is -2.49. The summed E-state index contributed by atoms with van der Waals surface area (Å²) in [6, 6.07) is 29.0. The SMILES string of the molecule is COc1ccc([Si](C)(C)[C@@H]2[C@@H](CC(=O)N3CCC[C@H]3CO)O[C@]3(C(=O)N(Cc4cccc(N5C(=O)COc6ccccc65)c4)c4ccc(Br)cc43)[C@H]2C)cc1. The summed E-state index contributed by atoms with van der Waals surface area (Å²) in [6.45, 7) is 7.44. The molecule has 4 aromatic rings. The van der Waals surface area contributed by atoms with E-state index >= 15 is 4.79 Å². The molecule has 5 atom stereocenters. The lowest BCUT2D eigenvalue weighted by Crippen LogP contribution is -2.52. The van der Waals surface area contributed by atoms with Gasteiger partial charge < -0.3 is 29.1 Å². The van der Waals surface area contributed by atoms with Gasteiger partial charge in [-0.1, -0.05) is 77.5 Å². The number of benzene rings is 4. The predicted octanol–water partition coefficient (Wildman–Crippen LogP) is 6.65. The van der Waals surface area contributed by atoms with Crippen LogP contribution in [-0.2, 0) is 31.3 Å². The molecular weight excluding hydrogens is 778 g/mol. The quantitative estimate of drug-likeness (QED) is 0.189. The average molecular weight is 825 g/mol. The van der Waals surface area contributed by atoms with E-state index in [1.54, 1.807) is 21.8 Å². The van der Waals surface area contributed by atoms with E-state index in [0.717, 1.165) is 39.9 Å². The third kappa shape index (κ3) is 6.27. The molecule has 4 aromatic carbocycles. The third-order valence-electron chi connectivity index (χ3n) is 12.3. The lowest BCUT2D eigenvalue weighted by Gasteiger charge is -2.37. The highest BCUT2D eigenvalue weighted by Gasteiger charge is 2.66. The van der Waals surface area contributed by atoms with Crippen LogP contribution in [0.1, 0.15) is 37.3 Å². The maximum absolute atomic E-state index is 15.4. The average Bonchev–Trinajstić information content (AvgIpc) is 3.85. The number of nitrogens with zero attached hydrogens (tertiary/aromatic N) is 3. The number of rotatable bonds is 9. The van der Waals surface area contributed by atoms with E-state index in [1.165, 1.54) is 5.19 Å². The number of carbonyl (C=O) groups is 3. The second-order valence-electron chi connectivity index (χ2n) is 15.6. The van der Waals surface area contributed by atoms with Crippen LogP contribution in [0.5, 0.6) is 11.5 Å². The molecule has 0 aromatic heterocycles. The van der Waals surface area contributed by atoms with Crippen LogP contribution in [0.15, 0.2) is 95.5 Å². The minimum Gasteiger partial charge on any atom is -0.497 e. The van der Waals surface area contributed by atoms with Crippen LogP contribution < -0.4 is 24.5 Å². The van der Waals surface area contributed by atoms with Crippen LogP contribution in [-0.4, -0.2) is 74.8 Å². The summed E-state index contributed by atoms with van der Waals surface area (Å²) in [7, 11) is -0.836. The van der Waals surface area contributed by atoms with Gasteiger partial charge in [-0.05, 0) is 78.5 Å². The molecule has 0 saturated carbocycles. The van der Waals surface area contributed by atoms with Gasteiger partial charge in [-0.15, -0.1) is 0 Å². The zero-order valence-electron chi connectivity index (χ0n) is 31.5. The predicted molar refractivity (Wildman–Crippen MR) is 217 cm³/mol. The van der Waals surface area contributed by atoms with Crippen molar-refractivity contribution < 1.29 is 33.7 Å². The minimum absolute atomic E-state index is 0.0526. The number of aliphatic hydroxyl groups excluding tert-OH is 1. The second kappa shape index (κ2) is 14.5. The Hall–Kier alpha value is -4.49. The van der Waals surface area contributed by atoms with Gasteiger partial charge in [-0.25, -0.2) is 0 Å². The Bertz CT molecular complexity index is 2150. The van der Waals surface area contributed by atoms with Crippen LogP contribution in [0.4, 0.5) is 17.1 Å². The highest BCUT2D eigenvalue weighted by molar-refractivity contribution is 9.10. The molecule has 0 aliphatic carbocycles. The maximum atomic E-state index is 15.4. The highest BCUT2D eigenvalue weighted by atomic mass is 79.9. The molecule has 286 valence electrons. The first kappa shape index (κ1) is 37.4. The Balaban J connectivity index is 1.18. The van der Waals surface area contributed by atoms with Crippen molar-refractivity contribution in [3.8, 4) is 11.5 Å². The van der Waals surface area contributed by atoms with Gasteiger partial charge in [0.25, 0.3) is 11.8 Å². The summed E-state index contributed by atoms with van der Waals surface area (Å²) < 4.78 is 19.2. The Kier molecular flexibility index (Phi) is 9.90. The number of halogens is 1. The summed E-state index contributed by atoms with van der Waals surface area (Å²) in [4.78, 5) is 48.0. The zero-order chi connectivity index (χ0) is 38.6.